The number of aromatic nitrogens is 3. The summed E-state index contributed by atoms with van der Waals surface area (Å²) in [5.41, 5.74) is 1.78. The molecule has 6 nitrogen and oxygen atoms in total. The fourth-order valence-corrected chi connectivity index (χ4v) is 1.95. The third kappa shape index (κ3) is 3.79. The Bertz CT molecular complexity index is 592. The minimum absolute atomic E-state index is 0.247. The van der Waals surface area contributed by atoms with Crippen molar-refractivity contribution in [1.82, 2.24) is 14.8 Å². The SMILES string of the molecule is COCCn1cc(NC(=O)c2cc(C)nc(Cl)c2)cn1. The minimum atomic E-state index is -0.247. The summed E-state index contributed by atoms with van der Waals surface area (Å²) in [5, 5.41) is 7.18. The zero-order valence-corrected chi connectivity index (χ0v) is 12.0. The van der Waals surface area contributed by atoms with Crippen LogP contribution in [0.15, 0.2) is 24.5 Å². The second-order valence-corrected chi connectivity index (χ2v) is 4.65. The Morgan fingerprint density at radius 3 is 3.00 bits per heavy atom. The maximum Gasteiger partial charge on any atom is 0.255 e. The maximum absolute atomic E-state index is 12.1. The summed E-state index contributed by atoms with van der Waals surface area (Å²) in [7, 11) is 1.63. The van der Waals surface area contributed by atoms with Gasteiger partial charge in [-0.25, -0.2) is 4.98 Å². The summed E-state index contributed by atoms with van der Waals surface area (Å²) in [6, 6.07) is 3.20. The van der Waals surface area contributed by atoms with E-state index in [9.17, 15) is 4.79 Å². The van der Waals surface area contributed by atoms with E-state index in [2.05, 4.69) is 15.4 Å². The lowest BCUT2D eigenvalue weighted by Crippen LogP contribution is -2.12. The largest absolute Gasteiger partial charge is 0.383 e. The number of pyridine rings is 1. The number of hydrogen-bond acceptors (Lipinski definition) is 4. The third-order valence-corrected chi connectivity index (χ3v) is 2.79. The standard InChI is InChI=1S/C13H15ClN4O2/c1-9-5-10(6-12(14)16-9)13(19)17-11-7-15-18(8-11)3-4-20-2/h5-8H,3-4H2,1-2H3,(H,17,19). The number of anilines is 1. The summed E-state index contributed by atoms with van der Waals surface area (Å²) in [6.45, 7) is 2.98. The molecule has 0 bridgehead atoms. The second kappa shape index (κ2) is 6.49. The lowest BCUT2D eigenvalue weighted by molar-refractivity contribution is 0.102. The van der Waals surface area contributed by atoms with Crippen molar-refractivity contribution in [1.29, 1.82) is 0 Å². The molecule has 1 amide bonds. The van der Waals surface area contributed by atoms with Gasteiger partial charge in [-0.2, -0.15) is 5.10 Å². The predicted molar refractivity (Wildman–Crippen MR) is 76.0 cm³/mol. The van der Waals surface area contributed by atoms with Gasteiger partial charge in [0, 0.05) is 24.6 Å². The van der Waals surface area contributed by atoms with Gasteiger partial charge in [-0.15, -0.1) is 0 Å². The van der Waals surface area contributed by atoms with Gasteiger partial charge in [0.2, 0.25) is 0 Å². The van der Waals surface area contributed by atoms with Gasteiger partial charge >= 0.3 is 0 Å². The Morgan fingerprint density at radius 1 is 1.50 bits per heavy atom. The van der Waals surface area contributed by atoms with Crippen molar-refractivity contribution in [2.45, 2.75) is 13.5 Å². The third-order valence-electron chi connectivity index (χ3n) is 2.60. The van der Waals surface area contributed by atoms with Crippen LogP contribution in [0.2, 0.25) is 5.15 Å². The highest BCUT2D eigenvalue weighted by molar-refractivity contribution is 6.29. The van der Waals surface area contributed by atoms with Gasteiger partial charge < -0.3 is 10.1 Å². The first-order valence-corrected chi connectivity index (χ1v) is 6.43. The summed E-state index contributed by atoms with van der Waals surface area (Å²) >= 11 is 5.84. The number of carbonyl (C=O) groups excluding carboxylic acids is 1. The number of nitrogens with one attached hydrogen (secondary N) is 1. The molecule has 0 radical (unpaired) electrons. The Balaban J connectivity index is 2.05. The molecule has 1 N–H and O–H groups in total. The van der Waals surface area contributed by atoms with Crippen LogP contribution >= 0.6 is 11.6 Å². The van der Waals surface area contributed by atoms with Crippen LogP contribution in [0, 0.1) is 6.92 Å². The molecule has 0 aliphatic heterocycles. The number of ether oxygens (including phenoxy) is 1. The van der Waals surface area contributed by atoms with Crippen molar-refractivity contribution >= 4 is 23.2 Å². The van der Waals surface area contributed by atoms with Crippen molar-refractivity contribution in [3.05, 3.63) is 40.9 Å². The summed E-state index contributed by atoms with van der Waals surface area (Å²) in [6.07, 6.45) is 3.33. The van der Waals surface area contributed by atoms with Crippen LogP contribution in [-0.2, 0) is 11.3 Å². The van der Waals surface area contributed by atoms with Crippen LogP contribution in [0.1, 0.15) is 16.1 Å². The van der Waals surface area contributed by atoms with E-state index < -0.39 is 0 Å². The van der Waals surface area contributed by atoms with Gasteiger partial charge in [-0.05, 0) is 19.1 Å². The van der Waals surface area contributed by atoms with Gasteiger partial charge in [-0.1, -0.05) is 11.6 Å². The van der Waals surface area contributed by atoms with Crippen LogP contribution in [0.4, 0.5) is 5.69 Å². The second-order valence-electron chi connectivity index (χ2n) is 4.26. The molecule has 2 aromatic heterocycles. The first kappa shape index (κ1) is 14.5. The molecule has 0 aliphatic carbocycles. The fourth-order valence-electron chi connectivity index (χ4n) is 1.70. The molecular weight excluding hydrogens is 280 g/mol. The quantitative estimate of drug-likeness (QED) is 0.858. The molecule has 2 aromatic rings. The molecule has 0 aromatic carbocycles. The van der Waals surface area contributed by atoms with E-state index >= 15 is 0 Å². The van der Waals surface area contributed by atoms with Gasteiger partial charge in [0.1, 0.15) is 5.15 Å². The fraction of sp³-hybridized carbons (Fsp3) is 0.308. The number of carbonyl (C=O) groups is 1. The monoisotopic (exact) mass is 294 g/mol. The number of rotatable bonds is 5. The zero-order valence-electron chi connectivity index (χ0n) is 11.3. The van der Waals surface area contributed by atoms with E-state index in [1.165, 1.54) is 6.07 Å². The van der Waals surface area contributed by atoms with Gasteiger partial charge in [0.05, 0.1) is 25.0 Å². The molecule has 0 saturated heterocycles. The van der Waals surface area contributed by atoms with Crippen LogP contribution in [0.3, 0.4) is 0 Å². The molecule has 0 aliphatic rings. The van der Waals surface area contributed by atoms with Crippen molar-refractivity contribution in [3.8, 4) is 0 Å². The normalized spacial score (nSPS) is 10.6. The van der Waals surface area contributed by atoms with Gasteiger partial charge in [0.15, 0.2) is 0 Å². The molecule has 106 valence electrons. The number of halogens is 1. The molecule has 0 fully saturated rings. The maximum atomic E-state index is 12.1. The van der Waals surface area contributed by atoms with Crippen molar-refractivity contribution < 1.29 is 9.53 Å². The molecule has 0 spiro atoms. The molecule has 2 rings (SSSR count). The molecule has 0 saturated carbocycles. The highest BCUT2D eigenvalue weighted by atomic mass is 35.5. The average Bonchev–Trinajstić information content (AvgIpc) is 2.82. The number of amides is 1. The number of nitrogens with zero attached hydrogens (tertiary/aromatic N) is 3. The first-order valence-electron chi connectivity index (χ1n) is 6.05. The van der Waals surface area contributed by atoms with E-state index in [4.69, 9.17) is 16.3 Å². The van der Waals surface area contributed by atoms with Gasteiger partial charge in [-0.3, -0.25) is 9.48 Å². The topological polar surface area (TPSA) is 69.0 Å². The zero-order chi connectivity index (χ0) is 14.5. The Morgan fingerprint density at radius 2 is 2.30 bits per heavy atom. The Hall–Kier alpha value is -1.92. The molecule has 7 heteroatoms. The van der Waals surface area contributed by atoms with Crippen molar-refractivity contribution in [2.24, 2.45) is 0 Å². The highest BCUT2D eigenvalue weighted by Crippen LogP contribution is 2.13. The van der Waals surface area contributed by atoms with E-state index in [0.717, 1.165) is 0 Å². The average molecular weight is 295 g/mol. The van der Waals surface area contributed by atoms with Crippen LogP contribution in [0.25, 0.3) is 0 Å². The van der Waals surface area contributed by atoms with E-state index in [1.54, 1.807) is 37.2 Å². The first-order chi connectivity index (χ1) is 9.58. The lowest BCUT2D eigenvalue weighted by Gasteiger charge is -2.04. The van der Waals surface area contributed by atoms with Crippen LogP contribution < -0.4 is 5.32 Å². The lowest BCUT2D eigenvalue weighted by atomic mass is 10.2. The van der Waals surface area contributed by atoms with E-state index in [0.29, 0.717) is 35.2 Å². The molecule has 2 heterocycles. The summed E-state index contributed by atoms with van der Waals surface area (Å²) in [4.78, 5) is 16.1. The number of hydrogen-bond donors (Lipinski definition) is 1. The van der Waals surface area contributed by atoms with Crippen LogP contribution in [0.5, 0.6) is 0 Å². The van der Waals surface area contributed by atoms with E-state index in [-0.39, 0.29) is 5.91 Å². The number of aryl methyl sites for hydroxylation is 1. The minimum Gasteiger partial charge on any atom is -0.383 e. The smallest absolute Gasteiger partial charge is 0.255 e. The Labute approximate surface area is 121 Å². The highest BCUT2D eigenvalue weighted by Gasteiger charge is 2.09. The van der Waals surface area contributed by atoms with Crippen LogP contribution in [-0.4, -0.2) is 34.4 Å². The summed E-state index contributed by atoms with van der Waals surface area (Å²) < 4.78 is 6.66. The molecule has 0 atom stereocenters. The Kier molecular flexibility index (Phi) is 4.70. The van der Waals surface area contributed by atoms with Crippen molar-refractivity contribution in [2.75, 3.05) is 19.0 Å². The van der Waals surface area contributed by atoms with Gasteiger partial charge in [0.25, 0.3) is 5.91 Å². The molecule has 20 heavy (non-hydrogen) atoms. The molecular formula is C13H15ClN4O2. The predicted octanol–water partition coefficient (Wildman–Crippen LogP) is 2.14. The summed E-state index contributed by atoms with van der Waals surface area (Å²) in [5.74, 6) is -0.247. The number of methoxy groups -OCH3 is 1. The van der Waals surface area contributed by atoms with Crippen molar-refractivity contribution in [3.63, 3.8) is 0 Å². The molecule has 0 unspecified atom stereocenters. The van der Waals surface area contributed by atoms with E-state index in [1.807, 2.05) is 0 Å².